The number of benzene rings is 5. The minimum Gasteiger partial charge on any atom is -1.00 e. The Bertz CT molecular complexity index is 3940. The molecule has 5 aromatic carbocycles. The van der Waals surface area contributed by atoms with Crippen LogP contribution in [-0.2, 0) is 52.2 Å². The predicted octanol–water partition coefficient (Wildman–Crippen LogP) is 6.71. The van der Waals surface area contributed by atoms with Gasteiger partial charge in [-0.2, -0.15) is 13.2 Å². The van der Waals surface area contributed by atoms with E-state index in [4.69, 9.17) is 79.0 Å². The number of rotatable bonds is 20. The molecule has 111 heavy (non-hydrogen) atoms. The van der Waals surface area contributed by atoms with Gasteiger partial charge in [0.05, 0.1) is 93.3 Å². The summed E-state index contributed by atoms with van der Waals surface area (Å²) >= 11 is 27.2. The molecule has 0 saturated heterocycles. The molecule has 3 heterocycles. The number of ether oxygens (including phenoxy) is 4. The zero-order chi connectivity index (χ0) is 84.4. The van der Waals surface area contributed by atoms with Crippen LogP contribution in [0.25, 0.3) is 22.1 Å². The summed E-state index contributed by atoms with van der Waals surface area (Å²) in [7, 11) is 0. The number of alkyl halides is 2. The topological polar surface area (TPSA) is 388 Å². The summed E-state index contributed by atoms with van der Waals surface area (Å²) in [5.41, 5.74) is 8.53. The first kappa shape index (κ1) is 119. The van der Waals surface area contributed by atoms with E-state index >= 15 is 0 Å². The van der Waals surface area contributed by atoms with Crippen molar-refractivity contribution in [3.63, 3.8) is 0 Å². The van der Waals surface area contributed by atoms with Crippen LogP contribution >= 0.6 is 103 Å². The van der Waals surface area contributed by atoms with E-state index in [1.54, 1.807) is 79.0 Å². The number of nitrogen functional groups attached to an aromatic ring is 1. The molecule has 2 aromatic heterocycles. The summed E-state index contributed by atoms with van der Waals surface area (Å²) in [6.45, 7) is 34.9. The average Bonchev–Trinajstić information content (AvgIpc) is 1.61. The third-order valence-electron chi connectivity index (χ3n) is 12.8. The second-order valence-electron chi connectivity index (χ2n) is 26.4. The Morgan fingerprint density at radius 1 is 0.622 bits per heavy atom. The maximum Gasteiger partial charge on any atom is 1.00 e. The number of halogens is 13. The number of anilines is 3. The van der Waals surface area contributed by atoms with Crippen LogP contribution in [0.3, 0.4) is 0 Å². The Morgan fingerprint density at radius 2 is 0.964 bits per heavy atom. The van der Waals surface area contributed by atoms with Crippen molar-refractivity contribution >= 4 is 160 Å². The van der Waals surface area contributed by atoms with Gasteiger partial charge in [-0.05, 0) is 151 Å². The molecule has 0 bridgehead atoms. The fourth-order valence-corrected chi connectivity index (χ4v) is 10.8. The van der Waals surface area contributed by atoms with Crippen molar-refractivity contribution in [3.8, 4) is 0 Å². The van der Waals surface area contributed by atoms with E-state index in [-0.39, 0.29) is 233 Å². The number of nitro groups is 2. The molecule has 0 saturated carbocycles. The Kier molecular flexibility index (Phi) is 61.4. The standard InChI is InChI=1S/C12H13BrClFN2O.C12H12BrFN2O.C10H12BrFN2O3.C10H14BrFN2O.C8H17ClO3.C6H2BrF2NO2.C4H11NO.C4H9O.C2H6.CH2O3.3K.H/c1-12(2,6-18)17-9-4-7(13)3-8(15)11(9)16-10(17)5-14;1-12(2)6-17-5-10-15-11-8(14)3-7(13)4-9(11)16(10)12;1-10(2,5-15)13-8-4-6(11)3-7(12)9(8)14(16)17;1-10(2,5-15)14-8-4-6(11)3-7(12)9(8)13;1-4-10-8(7-9,11-5-2)12-6-3;7-3-1-4(8)6(10(11)12)5(9)2-3;1-4(2,5)3-6;1-4(2,3)5;1-2;2-1-4-3;;;;/h3-4,18H,5-6H2,1-2H3;3-4H,5-6H2,1-2H3;3-4,13,15H,5H2,1-2H3;3-4,14-15H,5,13H2,1-2H3;4-7H2,1-3H3;1-2H;6H,3,5H2,1-2H3;1-3H3;1-2H3;1,3H;;;;/q;;;;;;;-1;;;3*+1;-1/p-1. The molecule has 0 unspecified atom stereocenters. The van der Waals surface area contributed by atoms with Gasteiger partial charge in [-0.3, -0.25) is 25.0 Å². The van der Waals surface area contributed by atoms with Crippen LogP contribution in [0, 0.1) is 55.1 Å². The second-order valence-corrected chi connectivity index (χ2v) is 31.5. The molecule has 0 atom stereocenters. The Labute approximate surface area is 825 Å². The first-order chi connectivity index (χ1) is 49.7. The number of nitrogens with zero attached hydrogens (tertiary/aromatic N) is 6. The number of hydrogen-bond acceptors (Lipinski definition) is 22. The molecule has 0 aliphatic carbocycles. The van der Waals surface area contributed by atoms with E-state index < -0.39 is 84.0 Å². The first-order valence-electron chi connectivity index (χ1n) is 32.5. The van der Waals surface area contributed by atoms with E-state index in [9.17, 15) is 56.8 Å². The summed E-state index contributed by atoms with van der Waals surface area (Å²) in [6, 6.07) is 13.6. The first-order valence-corrected chi connectivity index (χ1v) is 37.5. The molecule has 614 valence electrons. The van der Waals surface area contributed by atoms with Crippen LogP contribution < -0.4 is 187 Å². The third kappa shape index (κ3) is 43.7. The number of nitro benzene ring substituents is 2. The monoisotopic (exact) mass is 2020 g/mol. The zero-order valence-electron chi connectivity index (χ0n) is 67.1. The van der Waals surface area contributed by atoms with E-state index in [1.165, 1.54) is 24.3 Å². The zero-order valence-corrected chi connectivity index (χ0v) is 84.9. The number of aliphatic hydroxyl groups excluding tert-OH is 4. The molecule has 1 aliphatic rings. The number of carbonyl (C=O) groups is 1. The average molecular weight is 2030 g/mol. The van der Waals surface area contributed by atoms with E-state index in [1.807, 2.05) is 54.5 Å². The van der Waals surface area contributed by atoms with Gasteiger partial charge in [0.1, 0.15) is 46.7 Å². The summed E-state index contributed by atoms with van der Waals surface area (Å²) in [5.74, 6) is -3.86. The molecule has 8 rings (SSSR count). The maximum absolute atomic E-state index is 13.9. The summed E-state index contributed by atoms with van der Waals surface area (Å²) in [4.78, 5) is 38.7. The Hall–Kier alpha value is -0.261. The fraction of sp³-hybridized carbons (Fsp3) is 0.522. The molecular formula is C69H98Br5Cl2F6K3N10O16. The van der Waals surface area contributed by atoms with Crippen LogP contribution in [0.2, 0.25) is 0 Å². The van der Waals surface area contributed by atoms with E-state index in [0.29, 0.717) is 69.0 Å². The molecule has 1 aliphatic heterocycles. The fourth-order valence-electron chi connectivity index (χ4n) is 8.32. The minimum absolute atomic E-state index is 0. The van der Waals surface area contributed by atoms with Crippen LogP contribution in [-0.4, -0.2) is 143 Å². The van der Waals surface area contributed by atoms with Gasteiger partial charge in [0, 0.05) is 47.7 Å². The van der Waals surface area contributed by atoms with Gasteiger partial charge >= 0.3 is 166 Å². The maximum atomic E-state index is 13.9. The number of hydrogen-bond donors (Lipinski definition) is 8. The van der Waals surface area contributed by atoms with Gasteiger partial charge in [0.2, 0.25) is 17.5 Å². The van der Waals surface area contributed by atoms with Gasteiger partial charge in [0.15, 0.2) is 11.6 Å². The molecule has 7 aromatic rings. The van der Waals surface area contributed by atoms with Gasteiger partial charge in [0.25, 0.3) is 12.4 Å². The molecule has 26 nitrogen and oxygen atoms in total. The molecule has 10 N–H and O–H groups in total. The molecule has 42 heteroatoms. The number of nitrogens with two attached hydrogens (primary N) is 2. The van der Waals surface area contributed by atoms with Crippen molar-refractivity contribution in [1.29, 1.82) is 0 Å². The molecular weight excluding hydrogens is 1930 g/mol. The molecule has 0 fully saturated rings. The molecule has 0 radical (unpaired) electrons. The number of imidazole rings is 2. The van der Waals surface area contributed by atoms with Crippen LogP contribution in [0.15, 0.2) is 83.0 Å². The van der Waals surface area contributed by atoms with Crippen molar-refractivity contribution in [2.24, 2.45) is 5.73 Å². The van der Waals surface area contributed by atoms with Crippen molar-refractivity contribution in [3.05, 3.63) is 150 Å². The molecule has 0 spiro atoms. The second kappa shape index (κ2) is 57.1. The normalized spacial score (nSPS) is 11.9. The minimum atomic E-state index is -1.19. The number of carbonyl (C=O) groups excluding carboxylic acids is 1. The van der Waals surface area contributed by atoms with Crippen LogP contribution in [0.1, 0.15) is 138 Å². The Balaban J connectivity index is -0.000000288. The number of fused-ring (bicyclic) bond motifs is 4. The van der Waals surface area contributed by atoms with Gasteiger partial charge in [-0.1, -0.05) is 114 Å². The predicted molar refractivity (Wildman–Crippen MR) is 422 cm³/mol. The van der Waals surface area contributed by atoms with E-state index in [2.05, 4.69) is 124 Å². The van der Waals surface area contributed by atoms with E-state index in [0.717, 1.165) is 34.0 Å². The molecule has 0 amide bonds. The van der Waals surface area contributed by atoms with Gasteiger partial charge in [-0.25, -0.2) is 23.1 Å². The Morgan fingerprint density at radius 3 is 1.32 bits per heavy atom. The largest absolute Gasteiger partial charge is 1.00 e. The van der Waals surface area contributed by atoms with Crippen molar-refractivity contribution < 1.29 is 251 Å². The smallest absolute Gasteiger partial charge is 1.00 e. The summed E-state index contributed by atoms with van der Waals surface area (Å²) in [5, 5.41) is 81.0. The van der Waals surface area contributed by atoms with Crippen molar-refractivity contribution in [2.45, 2.75) is 176 Å². The van der Waals surface area contributed by atoms with Crippen LogP contribution in [0.5, 0.6) is 0 Å². The SMILES string of the molecule is CC.CC(C)(C)[O-].CC(C)(CO)Nc1cc(Br)cc(F)c1N.CC(C)(CO)Nc1cc(Br)cc(F)c1[N+](=O)[O-].CC(C)(CO)n1c(CCl)nc2c(F)cc(Br)cc21.CC(C)(N)CO.CC1(C)COCc2nc3c(F)cc(Br)cc3n21.CCOC(CCl)(OCC)OCC.O=CO[O-].O=[N+]([O-])c1c(F)cc(Br)cc1F.[H-].[K+].[K+].[K+]. The van der Waals surface area contributed by atoms with Gasteiger partial charge < -0.3 is 87.3 Å². The quantitative estimate of drug-likeness (QED) is 0.00452. The van der Waals surface area contributed by atoms with Gasteiger partial charge in [-0.15, -0.1) is 28.8 Å². The number of nitrogens with one attached hydrogen (secondary N) is 2. The van der Waals surface area contributed by atoms with Crippen molar-refractivity contribution in [1.82, 2.24) is 19.1 Å². The summed E-state index contributed by atoms with van der Waals surface area (Å²) in [6.07, 6.45) is 0. The van der Waals surface area contributed by atoms with Crippen LogP contribution in [0.4, 0.5) is 54.8 Å². The van der Waals surface area contributed by atoms with Crippen molar-refractivity contribution in [2.75, 3.05) is 75.1 Å². The summed E-state index contributed by atoms with van der Waals surface area (Å²) < 4.78 is 107. The third-order valence-corrected chi connectivity index (χ3v) is 15.7. The number of aliphatic hydroxyl groups is 4. The number of aromatic nitrogens is 4.